The van der Waals surface area contributed by atoms with Crippen LogP contribution in [0.5, 0.6) is 6.01 Å². The highest BCUT2D eigenvalue weighted by molar-refractivity contribution is 5.75. The maximum absolute atomic E-state index is 12.2. The summed E-state index contributed by atoms with van der Waals surface area (Å²) in [4.78, 5) is 21.6. The molecule has 0 radical (unpaired) electrons. The van der Waals surface area contributed by atoms with Crippen LogP contribution in [0.2, 0.25) is 0 Å². The largest absolute Gasteiger partial charge is 0.464 e. The Hall–Kier alpha value is -2.24. The van der Waals surface area contributed by atoms with E-state index >= 15 is 0 Å². The smallest absolute Gasteiger partial charge is 0.410 e. The van der Waals surface area contributed by atoms with Gasteiger partial charge in [0.2, 0.25) is 0 Å². The summed E-state index contributed by atoms with van der Waals surface area (Å²) < 4.78 is 11.3. The minimum absolute atomic E-state index is 0.240. The van der Waals surface area contributed by atoms with Crippen molar-refractivity contribution < 1.29 is 14.3 Å². The van der Waals surface area contributed by atoms with E-state index in [0.717, 1.165) is 30.4 Å². The molecule has 3 rings (SSSR count). The highest BCUT2D eigenvalue weighted by Crippen LogP contribution is 2.21. The van der Waals surface area contributed by atoms with Crippen LogP contribution in [0, 0.1) is 5.92 Å². The summed E-state index contributed by atoms with van der Waals surface area (Å²) in [6.45, 7) is 7.61. The number of para-hydroxylation sites is 2. The Bertz CT molecular complexity index is 672. The SMILES string of the molecule is CC(C)(C)OC(=O)N1CCCC(COc2nc3ccccc3[nH]2)C1. The summed E-state index contributed by atoms with van der Waals surface area (Å²) in [5.41, 5.74) is 1.40. The molecule has 6 nitrogen and oxygen atoms in total. The van der Waals surface area contributed by atoms with Gasteiger partial charge in [-0.1, -0.05) is 12.1 Å². The number of nitrogens with one attached hydrogen (secondary N) is 1. The van der Waals surface area contributed by atoms with Gasteiger partial charge in [-0.15, -0.1) is 0 Å². The number of aromatic amines is 1. The van der Waals surface area contributed by atoms with Gasteiger partial charge in [-0.3, -0.25) is 0 Å². The minimum Gasteiger partial charge on any atom is -0.464 e. The second kappa shape index (κ2) is 6.71. The number of hydrogen-bond acceptors (Lipinski definition) is 4. The summed E-state index contributed by atoms with van der Waals surface area (Å²) in [6.07, 6.45) is 1.77. The van der Waals surface area contributed by atoms with E-state index < -0.39 is 5.60 Å². The quantitative estimate of drug-likeness (QED) is 0.933. The molecule has 1 aromatic carbocycles. The molecule has 0 aliphatic carbocycles. The lowest BCUT2D eigenvalue weighted by molar-refractivity contribution is 0.0137. The van der Waals surface area contributed by atoms with Crippen molar-refractivity contribution in [3.8, 4) is 6.01 Å². The zero-order valence-corrected chi connectivity index (χ0v) is 14.5. The summed E-state index contributed by atoms with van der Waals surface area (Å²) >= 11 is 0. The molecule has 1 amide bonds. The van der Waals surface area contributed by atoms with Crippen LogP contribution >= 0.6 is 0 Å². The van der Waals surface area contributed by atoms with Crippen molar-refractivity contribution in [1.29, 1.82) is 0 Å². The van der Waals surface area contributed by atoms with E-state index in [4.69, 9.17) is 9.47 Å². The van der Waals surface area contributed by atoms with Gasteiger partial charge < -0.3 is 19.4 Å². The highest BCUT2D eigenvalue weighted by atomic mass is 16.6. The molecule has 2 heterocycles. The average molecular weight is 331 g/mol. The Morgan fingerprint density at radius 3 is 2.92 bits per heavy atom. The number of carbonyl (C=O) groups is 1. The minimum atomic E-state index is -0.463. The van der Waals surface area contributed by atoms with E-state index in [1.54, 1.807) is 4.90 Å². The Balaban J connectivity index is 1.54. The zero-order valence-electron chi connectivity index (χ0n) is 14.5. The van der Waals surface area contributed by atoms with Crippen molar-refractivity contribution in [3.05, 3.63) is 24.3 Å². The van der Waals surface area contributed by atoms with Gasteiger partial charge in [-0.05, 0) is 45.7 Å². The molecule has 2 aromatic rings. The number of piperidine rings is 1. The topological polar surface area (TPSA) is 67.4 Å². The molecule has 0 spiro atoms. The van der Waals surface area contributed by atoms with Crippen molar-refractivity contribution in [2.24, 2.45) is 5.92 Å². The number of hydrogen-bond donors (Lipinski definition) is 1. The molecule has 1 aliphatic rings. The van der Waals surface area contributed by atoms with Crippen LogP contribution in [0.3, 0.4) is 0 Å². The first-order chi connectivity index (χ1) is 11.4. The lowest BCUT2D eigenvalue weighted by Crippen LogP contribution is -2.44. The highest BCUT2D eigenvalue weighted by Gasteiger charge is 2.28. The molecule has 1 aliphatic heterocycles. The van der Waals surface area contributed by atoms with Crippen molar-refractivity contribution >= 4 is 17.1 Å². The second-order valence-electron chi connectivity index (χ2n) is 7.30. The normalized spacial score (nSPS) is 18.6. The number of rotatable bonds is 3. The van der Waals surface area contributed by atoms with Gasteiger partial charge in [0.1, 0.15) is 5.60 Å². The van der Waals surface area contributed by atoms with Gasteiger partial charge in [0.25, 0.3) is 6.01 Å². The lowest BCUT2D eigenvalue weighted by Gasteiger charge is -2.33. The van der Waals surface area contributed by atoms with Crippen LogP contribution in [-0.2, 0) is 4.74 Å². The molecule has 0 bridgehead atoms. The number of H-pyrrole nitrogens is 1. The van der Waals surface area contributed by atoms with E-state index in [9.17, 15) is 4.79 Å². The first-order valence-corrected chi connectivity index (χ1v) is 8.46. The molecule has 1 saturated heterocycles. The molecule has 1 fully saturated rings. The Morgan fingerprint density at radius 2 is 2.17 bits per heavy atom. The maximum atomic E-state index is 12.2. The number of ether oxygens (including phenoxy) is 2. The van der Waals surface area contributed by atoms with Gasteiger partial charge in [0, 0.05) is 19.0 Å². The predicted octanol–water partition coefficient (Wildman–Crippen LogP) is 3.59. The molecule has 6 heteroatoms. The number of benzene rings is 1. The maximum Gasteiger partial charge on any atom is 0.410 e. The van der Waals surface area contributed by atoms with Gasteiger partial charge in [-0.25, -0.2) is 4.79 Å². The number of aromatic nitrogens is 2. The molecule has 0 saturated carbocycles. The van der Waals surface area contributed by atoms with Crippen molar-refractivity contribution in [2.45, 2.75) is 39.2 Å². The lowest BCUT2D eigenvalue weighted by atomic mass is 9.99. The molecule has 1 aromatic heterocycles. The fraction of sp³-hybridized carbons (Fsp3) is 0.556. The molecular weight excluding hydrogens is 306 g/mol. The van der Waals surface area contributed by atoms with Crippen LogP contribution in [0.4, 0.5) is 4.79 Å². The van der Waals surface area contributed by atoms with E-state index in [1.807, 2.05) is 45.0 Å². The van der Waals surface area contributed by atoms with E-state index in [1.165, 1.54) is 0 Å². The van der Waals surface area contributed by atoms with E-state index in [-0.39, 0.29) is 6.09 Å². The Morgan fingerprint density at radius 1 is 1.38 bits per heavy atom. The number of imidazole rings is 1. The van der Waals surface area contributed by atoms with Gasteiger partial charge in [0.05, 0.1) is 17.6 Å². The zero-order chi connectivity index (χ0) is 17.2. The Labute approximate surface area is 142 Å². The van der Waals surface area contributed by atoms with Crippen molar-refractivity contribution in [2.75, 3.05) is 19.7 Å². The fourth-order valence-corrected chi connectivity index (χ4v) is 2.89. The summed E-state index contributed by atoms with van der Waals surface area (Å²) in [5, 5.41) is 0. The molecule has 1 N–H and O–H groups in total. The predicted molar refractivity (Wildman–Crippen MR) is 92.1 cm³/mol. The van der Waals surface area contributed by atoms with Crippen LogP contribution in [0.1, 0.15) is 33.6 Å². The second-order valence-corrected chi connectivity index (χ2v) is 7.30. The summed E-state index contributed by atoms with van der Waals surface area (Å²) in [7, 11) is 0. The van der Waals surface area contributed by atoms with Crippen LogP contribution in [0.15, 0.2) is 24.3 Å². The molecule has 1 unspecified atom stereocenters. The molecular formula is C18H25N3O3. The standard InChI is InChI=1S/C18H25N3O3/c1-18(2,3)24-17(22)21-10-6-7-13(11-21)12-23-16-19-14-8-4-5-9-15(14)20-16/h4-5,8-9,13H,6-7,10-12H2,1-3H3,(H,19,20). The fourth-order valence-electron chi connectivity index (χ4n) is 2.89. The summed E-state index contributed by atoms with van der Waals surface area (Å²) in [6, 6.07) is 8.37. The first kappa shape index (κ1) is 16.6. The number of carbonyl (C=O) groups excluding carboxylic acids is 1. The number of amides is 1. The number of nitrogens with zero attached hydrogens (tertiary/aromatic N) is 2. The number of fused-ring (bicyclic) bond motifs is 1. The number of likely N-dealkylation sites (tertiary alicyclic amines) is 1. The van der Waals surface area contributed by atoms with Gasteiger partial charge in [-0.2, -0.15) is 4.98 Å². The Kier molecular flexibility index (Phi) is 4.64. The molecule has 24 heavy (non-hydrogen) atoms. The first-order valence-electron chi connectivity index (χ1n) is 8.46. The third-order valence-electron chi connectivity index (χ3n) is 3.99. The van der Waals surface area contributed by atoms with Gasteiger partial charge >= 0.3 is 6.09 Å². The van der Waals surface area contributed by atoms with E-state index in [0.29, 0.717) is 25.1 Å². The third-order valence-corrected chi connectivity index (χ3v) is 3.99. The molecule has 1 atom stereocenters. The van der Waals surface area contributed by atoms with E-state index in [2.05, 4.69) is 9.97 Å². The van der Waals surface area contributed by atoms with Crippen LogP contribution < -0.4 is 4.74 Å². The van der Waals surface area contributed by atoms with Crippen molar-refractivity contribution in [1.82, 2.24) is 14.9 Å². The van der Waals surface area contributed by atoms with Crippen LogP contribution in [-0.4, -0.2) is 46.3 Å². The third kappa shape index (κ3) is 4.19. The summed E-state index contributed by atoms with van der Waals surface area (Å²) in [5.74, 6) is 0.291. The molecule has 130 valence electrons. The van der Waals surface area contributed by atoms with Crippen molar-refractivity contribution in [3.63, 3.8) is 0 Å². The van der Waals surface area contributed by atoms with Gasteiger partial charge in [0.15, 0.2) is 0 Å². The monoisotopic (exact) mass is 331 g/mol. The van der Waals surface area contributed by atoms with Crippen LogP contribution in [0.25, 0.3) is 11.0 Å². The average Bonchev–Trinajstić information content (AvgIpc) is 2.94.